The van der Waals surface area contributed by atoms with E-state index < -0.39 is 0 Å². The van der Waals surface area contributed by atoms with Crippen LogP contribution in [0.4, 0.5) is 10.7 Å². The first-order valence-electron chi connectivity index (χ1n) is 6.62. The molecular weight excluding hydrogens is 258 g/mol. The van der Waals surface area contributed by atoms with Crippen molar-refractivity contribution in [3.8, 4) is 6.07 Å². The molecule has 0 radical (unpaired) electrons. The molecule has 0 saturated carbocycles. The van der Waals surface area contributed by atoms with Gasteiger partial charge in [0.15, 0.2) is 5.78 Å². The van der Waals surface area contributed by atoms with Crippen LogP contribution in [0.2, 0.25) is 0 Å². The zero-order chi connectivity index (χ0) is 14.0. The highest BCUT2D eigenvalue weighted by Gasteiger charge is 2.24. The number of nitrogens with zero attached hydrogens (tertiary/aromatic N) is 2. The molecule has 0 aromatic carbocycles. The van der Waals surface area contributed by atoms with Gasteiger partial charge in [-0.1, -0.05) is 6.92 Å². The highest BCUT2D eigenvalue weighted by Crippen LogP contribution is 2.39. The van der Waals surface area contributed by atoms with Crippen molar-refractivity contribution in [1.29, 1.82) is 5.26 Å². The van der Waals surface area contributed by atoms with Crippen molar-refractivity contribution in [1.82, 2.24) is 0 Å². The first-order chi connectivity index (χ1) is 9.04. The predicted molar refractivity (Wildman–Crippen MR) is 78.7 cm³/mol. The average Bonchev–Trinajstić information content (AvgIpc) is 2.54. The number of nitrogen functional groups attached to an aromatic ring is 1. The molecule has 19 heavy (non-hydrogen) atoms. The fourth-order valence-electron chi connectivity index (χ4n) is 2.49. The van der Waals surface area contributed by atoms with E-state index in [1.807, 2.05) is 0 Å². The van der Waals surface area contributed by atoms with E-state index in [1.54, 1.807) is 0 Å². The van der Waals surface area contributed by atoms with Gasteiger partial charge in [-0.05, 0) is 25.2 Å². The van der Waals surface area contributed by atoms with Crippen molar-refractivity contribution in [3.05, 3.63) is 10.4 Å². The fourth-order valence-corrected chi connectivity index (χ4v) is 3.61. The summed E-state index contributed by atoms with van der Waals surface area (Å²) in [5.41, 5.74) is 6.76. The molecule has 5 heteroatoms. The highest BCUT2D eigenvalue weighted by atomic mass is 32.1. The molecule has 2 N–H and O–H groups in total. The summed E-state index contributed by atoms with van der Waals surface area (Å²) in [6.07, 6.45) is 3.47. The molecule has 1 saturated heterocycles. The van der Waals surface area contributed by atoms with Gasteiger partial charge in [0.25, 0.3) is 0 Å². The molecule has 1 atom stereocenters. The Morgan fingerprint density at radius 1 is 1.47 bits per heavy atom. The Morgan fingerprint density at radius 3 is 2.84 bits per heavy atom. The van der Waals surface area contributed by atoms with Crippen LogP contribution < -0.4 is 10.6 Å². The van der Waals surface area contributed by atoms with E-state index in [-0.39, 0.29) is 5.78 Å². The lowest BCUT2D eigenvalue weighted by atomic mass is 10.0. The highest BCUT2D eigenvalue weighted by molar-refractivity contribution is 7.19. The zero-order valence-corrected chi connectivity index (χ0v) is 12.2. The van der Waals surface area contributed by atoms with Gasteiger partial charge in [0.2, 0.25) is 0 Å². The Morgan fingerprint density at radius 2 is 2.21 bits per heavy atom. The maximum atomic E-state index is 11.6. The number of hydrogen-bond donors (Lipinski definition) is 1. The molecule has 102 valence electrons. The second kappa shape index (κ2) is 5.62. The molecule has 2 heterocycles. The van der Waals surface area contributed by atoms with E-state index >= 15 is 0 Å². The van der Waals surface area contributed by atoms with Crippen molar-refractivity contribution in [3.63, 3.8) is 0 Å². The molecule has 2 rings (SSSR count). The summed E-state index contributed by atoms with van der Waals surface area (Å²) >= 11 is 1.36. The largest absolute Gasteiger partial charge is 0.396 e. The maximum Gasteiger partial charge on any atom is 0.171 e. The summed E-state index contributed by atoms with van der Waals surface area (Å²) in [5, 5.41) is 10.2. The third kappa shape index (κ3) is 2.74. The lowest BCUT2D eigenvalue weighted by molar-refractivity contribution is 0.102. The predicted octanol–water partition coefficient (Wildman–Crippen LogP) is 3.03. The van der Waals surface area contributed by atoms with Crippen LogP contribution >= 0.6 is 11.3 Å². The molecule has 0 spiro atoms. The zero-order valence-electron chi connectivity index (χ0n) is 11.4. The van der Waals surface area contributed by atoms with Crippen LogP contribution in [0.3, 0.4) is 0 Å². The lowest BCUT2D eigenvalue weighted by Crippen LogP contribution is -2.23. The van der Waals surface area contributed by atoms with Gasteiger partial charge < -0.3 is 10.6 Å². The number of nitriles is 1. The second-order valence-corrected chi connectivity index (χ2v) is 6.22. The van der Waals surface area contributed by atoms with Crippen LogP contribution in [-0.4, -0.2) is 18.9 Å². The molecule has 1 fully saturated rings. The topological polar surface area (TPSA) is 70.1 Å². The Bertz CT molecular complexity index is 530. The third-order valence-corrected chi connectivity index (χ3v) is 5.03. The minimum absolute atomic E-state index is 0.0616. The van der Waals surface area contributed by atoms with Gasteiger partial charge in [-0.25, -0.2) is 0 Å². The summed E-state index contributed by atoms with van der Waals surface area (Å²) in [5.74, 6) is 0.661. The normalized spacial score (nSPS) is 19.8. The number of thiophene rings is 1. The van der Waals surface area contributed by atoms with Crippen LogP contribution in [-0.2, 0) is 0 Å². The second-order valence-electron chi connectivity index (χ2n) is 5.22. The first kappa shape index (κ1) is 13.9. The Hall–Kier alpha value is -1.54. The van der Waals surface area contributed by atoms with E-state index in [9.17, 15) is 10.1 Å². The number of hydrogen-bond acceptors (Lipinski definition) is 5. The quantitative estimate of drug-likeness (QED) is 0.843. The number of ketones is 1. The molecule has 1 aliphatic heterocycles. The molecule has 1 aromatic rings. The van der Waals surface area contributed by atoms with Gasteiger partial charge in [0, 0.05) is 20.0 Å². The molecule has 0 amide bonds. The van der Waals surface area contributed by atoms with Crippen LogP contribution in [0.5, 0.6) is 0 Å². The fraction of sp³-hybridized carbons (Fsp3) is 0.571. The van der Waals surface area contributed by atoms with E-state index in [2.05, 4.69) is 17.9 Å². The van der Waals surface area contributed by atoms with E-state index in [1.165, 1.54) is 24.7 Å². The van der Waals surface area contributed by atoms with Crippen molar-refractivity contribution < 1.29 is 4.79 Å². The maximum absolute atomic E-state index is 11.6. The van der Waals surface area contributed by atoms with Gasteiger partial charge in [-0.15, -0.1) is 11.3 Å². The monoisotopic (exact) mass is 277 g/mol. The smallest absolute Gasteiger partial charge is 0.171 e. The number of carbonyl (C=O) groups excluding carboxylic acids is 1. The lowest BCUT2D eigenvalue weighted by Gasteiger charge is -2.21. The standard InChI is InChI=1S/C14H19N3OS/c1-9-4-3-6-17(7-5-9)14-11(8-15)12(16)13(19-14)10(2)18/h9H,3-7,16H2,1-2H3. The van der Waals surface area contributed by atoms with Crippen molar-refractivity contribution in [2.75, 3.05) is 23.7 Å². The Labute approximate surface area is 117 Å². The number of nitrogens with two attached hydrogens (primary N) is 1. The molecule has 1 aromatic heterocycles. The Kier molecular flexibility index (Phi) is 4.11. The number of rotatable bonds is 2. The molecule has 1 unspecified atom stereocenters. The average molecular weight is 277 g/mol. The van der Waals surface area contributed by atoms with Crippen molar-refractivity contribution >= 4 is 27.8 Å². The van der Waals surface area contributed by atoms with Crippen LogP contribution in [0, 0.1) is 17.2 Å². The number of carbonyl (C=O) groups is 1. The van der Waals surface area contributed by atoms with Gasteiger partial charge >= 0.3 is 0 Å². The molecule has 0 aliphatic carbocycles. The minimum Gasteiger partial charge on any atom is -0.396 e. The van der Waals surface area contributed by atoms with Crippen LogP contribution in [0.15, 0.2) is 0 Å². The summed E-state index contributed by atoms with van der Waals surface area (Å²) in [7, 11) is 0. The summed E-state index contributed by atoms with van der Waals surface area (Å²) < 4.78 is 0. The molecule has 1 aliphatic rings. The van der Waals surface area contributed by atoms with E-state index in [4.69, 9.17) is 5.73 Å². The number of anilines is 2. The summed E-state index contributed by atoms with van der Waals surface area (Å²) in [6.45, 7) is 5.64. The van der Waals surface area contributed by atoms with E-state index in [0.29, 0.717) is 16.1 Å². The van der Waals surface area contributed by atoms with Gasteiger partial charge in [-0.2, -0.15) is 5.26 Å². The van der Waals surface area contributed by atoms with Gasteiger partial charge in [0.05, 0.1) is 10.6 Å². The molecule has 0 bridgehead atoms. The molecular formula is C14H19N3OS. The van der Waals surface area contributed by atoms with Gasteiger partial charge in [0.1, 0.15) is 16.6 Å². The number of Topliss-reactive ketones (excluding diaryl/α,β-unsaturated/α-hetero) is 1. The Balaban J connectivity index is 2.36. The SMILES string of the molecule is CC(=O)c1sc(N2CCCC(C)CC2)c(C#N)c1N. The van der Waals surface area contributed by atoms with Gasteiger partial charge in [-0.3, -0.25) is 4.79 Å². The molecule has 4 nitrogen and oxygen atoms in total. The van der Waals surface area contributed by atoms with E-state index in [0.717, 1.165) is 36.9 Å². The van der Waals surface area contributed by atoms with Crippen molar-refractivity contribution in [2.24, 2.45) is 5.92 Å². The summed E-state index contributed by atoms with van der Waals surface area (Å²) in [6, 6.07) is 2.16. The van der Waals surface area contributed by atoms with Crippen LogP contribution in [0.1, 0.15) is 48.3 Å². The first-order valence-corrected chi connectivity index (χ1v) is 7.44. The van der Waals surface area contributed by atoms with Crippen LogP contribution in [0.25, 0.3) is 0 Å². The minimum atomic E-state index is -0.0616. The third-order valence-electron chi connectivity index (χ3n) is 3.66. The summed E-state index contributed by atoms with van der Waals surface area (Å²) in [4.78, 5) is 14.3. The van der Waals surface area contributed by atoms with Crippen molar-refractivity contribution in [2.45, 2.75) is 33.1 Å².